The van der Waals surface area contributed by atoms with Crippen LogP contribution in [0.15, 0.2) is 72.3 Å². The van der Waals surface area contributed by atoms with Crippen molar-refractivity contribution in [3.05, 3.63) is 89.0 Å². The molecular weight excluding hydrogens is 487 g/mol. The minimum absolute atomic E-state index is 0.101. The van der Waals surface area contributed by atoms with E-state index in [4.69, 9.17) is 9.47 Å². The molecule has 0 bridgehead atoms. The second kappa shape index (κ2) is 11.8. The Balaban J connectivity index is 1.80. The van der Waals surface area contributed by atoms with Crippen LogP contribution in [0.3, 0.4) is 0 Å². The van der Waals surface area contributed by atoms with Crippen molar-refractivity contribution in [3.63, 3.8) is 0 Å². The van der Waals surface area contributed by atoms with Gasteiger partial charge in [-0.1, -0.05) is 35.9 Å². The fraction of sp³-hybridized carbons (Fsp3) is 0.148. The first kappa shape index (κ1) is 26.8. The van der Waals surface area contributed by atoms with E-state index in [1.165, 1.54) is 25.3 Å². The monoisotopic (exact) mass is 509 g/mol. The molecule has 0 saturated carbocycles. The number of ether oxygens (including phenoxy) is 2. The van der Waals surface area contributed by atoms with Crippen molar-refractivity contribution in [3.8, 4) is 17.6 Å². The molecular formula is C27H22F3N3O4. The average molecular weight is 509 g/mol. The minimum Gasteiger partial charge on any atom is -0.493 e. The van der Waals surface area contributed by atoms with Gasteiger partial charge in [0.2, 0.25) is 0 Å². The Labute approximate surface area is 211 Å². The third kappa shape index (κ3) is 7.35. The summed E-state index contributed by atoms with van der Waals surface area (Å²) in [5, 5.41) is 14.5. The van der Waals surface area contributed by atoms with Gasteiger partial charge in [0.15, 0.2) is 18.1 Å². The predicted molar refractivity (Wildman–Crippen MR) is 132 cm³/mol. The number of anilines is 2. The number of nitriles is 1. The molecule has 0 atom stereocenters. The molecule has 0 aliphatic heterocycles. The van der Waals surface area contributed by atoms with Crippen LogP contribution in [-0.2, 0) is 15.8 Å². The van der Waals surface area contributed by atoms with E-state index in [-0.39, 0.29) is 22.7 Å². The fourth-order valence-corrected chi connectivity index (χ4v) is 3.21. The fourth-order valence-electron chi connectivity index (χ4n) is 3.21. The van der Waals surface area contributed by atoms with E-state index in [9.17, 15) is 28.0 Å². The zero-order valence-corrected chi connectivity index (χ0v) is 19.8. The van der Waals surface area contributed by atoms with Gasteiger partial charge in [-0.05, 0) is 49.4 Å². The lowest BCUT2D eigenvalue weighted by Gasteiger charge is -2.14. The molecule has 0 heterocycles. The van der Waals surface area contributed by atoms with Gasteiger partial charge in [0.1, 0.15) is 11.6 Å². The zero-order chi connectivity index (χ0) is 27.0. The summed E-state index contributed by atoms with van der Waals surface area (Å²) in [6.07, 6.45) is -3.40. The Kier molecular flexibility index (Phi) is 8.53. The van der Waals surface area contributed by atoms with E-state index in [2.05, 4.69) is 10.6 Å². The molecule has 3 aromatic carbocycles. The Morgan fingerprint density at radius 3 is 2.35 bits per heavy atom. The number of hydrogen-bond acceptors (Lipinski definition) is 5. The molecule has 0 unspecified atom stereocenters. The molecule has 3 aromatic rings. The third-order valence-corrected chi connectivity index (χ3v) is 5.02. The van der Waals surface area contributed by atoms with Crippen molar-refractivity contribution in [1.82, 2.24) is 0 Å². The molecule has 10 heteroatoms. The van der Waals surface area contributed by atoms with Gasteiger partial charge in [-0.3, -0.25) is 9.59 Å². The maximum absolute atomic E-state index is 13.0. The highest BCUT2D eigenvalue weighted by atomic mass is 19.4. The van der Waals surface area contributed by atoms with E-state index in [1.807, 2.05) is 19.1 Å². The molecule has 0 aliphatic carbocycles. The van der Waals surface area contributed by atoms with Gasteiger partial charge in [0.25, 0.3) is 11.8 Å². The van der Waals surface area contributed by atoms with Gasteiger partial charge in [-0.25, -0.2) is 0 Å². The van der Waals surface area contributed by atoms with E-state index in [0.29, 0.717) is 5.69 Å². The number of hydrogen-bond donors (Lipinski definition) is 2. The number of methoxy groups -OCH3 is 1. The number of carbonyl (C=O) groups is 2. The Bertz CT molecular complexity index is 1360. The van der Waals surface area contributed by atoms with Crippen LogP contribution in [0.1, 0.15) is 16.7 Å². The van der Waals surface area contributed by atoms with E-state index < -0.39 is 35.7 Å². The van der Waals surface area contributed by atoms with E-state index in [0.717, 1.165) is 23.8 Å². The van der Waals surface area contributed by atoms with E-state index >= 15 is 0 Å². The molecule has 0 saturated heterocycles. The lowest BCUT2D eigenvalue weighted by atomic mass is 10.1. The molecule has 3 rings (SSSR count). The number of para-hydroxylation sites is 1. The smallest absolute Gasteiger partial charge is 0.416 e. The standard InChI is InChI=1S/C27H22F3N3O4/c1-17-9-11-21(12-10-17)32-24(34)16-37-25-18(5-3-8-23(25)36-2)13-19(15-31)26(35)33-22-7-4-6-20(14-22)27(28,29)30/h3-14H,16H2,1-2H3,(H,32,34)(H,33,35)/b19-13-. The number of halogens is 3. The lowest BCUT2D eigenvalue weighted by molar-refractivity contribution is -0.137. The summed E-state index contributed by atoms with van der Waals surface area (Å²) in [5.41, 5.74) is 0.386. The quantitative estimate of drug-likeness (QED) is 0.305. The van der Waals surface area contributed by atoms with Crippen LogP contribution in [0, 0.1) is 18.3 Å². The third-order valence-electron chi connectivity index (χ3n) is 5.02. The first-order valence-corrected chi connectivity index (χ1v) is 10.9. The number of nitrogens with one attached hydrogen (secondary N) is 2. The normalized spacial score (nSPS) is 11.3. The number of carbonyl (C=O) groups excluding carboxylic acids is 2. The van der Waals surface area contributed by atoms with Gasteiger partial charge in [0, 0.05) is 16.9 Å². The van der Waals surface area contributed by atoms with Crippen molar-refractivity contribution in [2.45, 2.75) is 13.1 Å². The number of rotatable bonds is 8. The first-order chi connectivity index (χ1) is 17.6. The summed E-state index contributed by atoms with van der Waals surface area (Å²) in [4.78, 5) is 25.0. The molecule has 37 heavy (non-hydrogen) atoms. The number of nitrogens with zero attached hydrogens (tertiary/aromatic N) is 1. The van der Waals surface area contributed by atoms with Gasteiger partial charge in [0.05, 0.1) is 12.7 Å². The Morgan fingerprint density at radius 2 is 1.70 bits per heavy atom. The molecule has 0 aromatic heterocycles. The number of amides is 2. The highest BCUT2D eigenvalue weighted by Crippen LogP contribution is 2.33. The lowest BCUT2D eigenvalue weighted by Crippen LogP contribution is -2.20. The molecule has 0 aliphatic rings. The number of alkyl halides is 3. The van der Waals surface area contributed by atoms with Crippen LogP contribution in [0.4, 0.5) is 24.5 Å². The summed E-state index contributed by atoms with van der Waals surface area (Å²) in [6, 6.07) is 17.6. The summed E-state index contributed by atoms with van der Waals surface area (Å²) in [5.74, 6) is -1.03. The van der Waals surface area contributed by atoms with Crippen molar-refractivity contribution in [2.75, 3.05) is 24.4 Å². The summed E-state index contributed by atoms with van der Waals surface area (Å²) in [6.45, 7) is 1.52. The maximum Gasteiger partial charge on any atom is 0.416 e. The predicted octanol–water partition coefficient (Wildman–Crippen LogP) is 5.59. The van der Waals surface area contributed by atoms with Gasteiger partial charge >= 0.3 is 6.18 Å². The van der Waals surface area contributed by atoms with Gasteiger partial charge < -0.3 is 20.1 Å². The van der Waals surface area contributed by atoms with Gasteiger partial charge in [-0.2, -0.15) is 18.4 Å². The SMILES string of the molecule is COc1cccc(/C=C(/C#N)C(=O)Nc2cccc(C(F)(F)F)c2)c1OCC(=O)Nc1ccc(C)cc1. The minimum atomic E-state index is -4.59. The van der Waals surface area contributed by atoms with Gasteiger partial charge in [-0.15, -0.1) is 0 Å². The second-order valence-electron chi connectivity index (χ2n) is 7.78. The Morgan fingerprint density at radius 1 is 1.00 bits per heavy atom. The van der Waals surface area contributed by atoms with Crippen molar-refractivity contribution >= 4 is 29.3 Å². The second-order valence-corrected chi connectivity index (χ2v) is 7.78. The summed E-state index contributed by atoms with van der Waals surface area (Å²) in [7, 11) is 1.38. The molecule has 2 amide bonds. The maximum atomic E-state index is 13.0. The van der Waals surface area contributed by atoms with Crippen LogP contribution < -0.4 is 20.1 Å². The van der Waals surface area contributed by atoms with Crippen molar-refractivity contribution < 1.29 is 32.2 Å². The topological polar surface area (TPSA) is 100 Å². The molecule has 7 nitrogen and oxygen atoms in total. The summed E-state index contributed by atoms with van der Waals surface area (Å²) < 4.78 is 49.9. The zero-order valence-electron chi connectivity index (χ0n) is 19.8. The van der Waals surface area contributed by atoms with Crippen LogP contribution in [-0.4, -0.2) is 25.5 Å². The van der Waals surface area contributed by atoms with Crippen LogP contribution in [0.25, 0.3) is 6.08 Å². The highest BCUT2D eigenvalue weighted by molar-refractivity contribution is 6.10. The molecule has 0 radical (unpaired) electrons. The molecule has 0 fully saturated rings. The number of aryl methyl sites for hydroxylation is 1. The largest absolute Gasteiger partial charge is 0.493 e. The van der Waals surface area contributed by atoms with Crippen molar-refractivity contribution in [2.24, 2.45) is 0 Å². The van der Waals surface area contributed by atoms with Crippen LogP contribution >= 0.6 is 0 Å². The van der Waals surface area contributed by atoms with Crippen molar-refractivity contribution in [1.29, 1.82) is 5.26 Å². The first-order valence-electron chi connectivity index (χ1n) is 10.9. The number of benzene rings is 3. The Hall–Kier alpha value is -4.78. The van der Waals surface area contributed by atoms with Crippen LogP contribution in [0.2, 0.25) is 0 Å². The summed E-state index contributed by atoms with van der Waals surface area (Å²) >= 11 is 0. The van der Waals surface area contributed by atoms with Crippen LogP contribution in [0.5, 0.6) is 11.5 Å². The van der Waals surface area contributed by atoms with E-state index in [1.54, 1.807) is 30.3 Å². The highest BCUT2D eigenvalue weighted by Gasteiger charge is 2.30. The average Bonchev–Trinajstić information content (AvgIpc) is 2.87. The molecule has 0 spiro atoms. The molecule has 190 valence electrons. The molecule has 2 N–H and O–H groups in total.